The summed E-state index contributed by atoms with van der Waals surface area (Å²) in [5.41, 5.74) is 6.16. The van der Waals surface area contributed by atoms with E-state index in [2.05, 4.69) is 4.98 Å². The molecule has 0 amide bonds. The number of rotatable bonds is 3. The van der Waals surface area contributed by atoms with Crippen molar-refractivity contribution in [3.8, 4) is 5.75 Å². The lowest BCUT2D eigenvalue weighted by molar-refractivity contribution is 0.262. The molecule has 1 heterocycles. The summed E-state index contributed by atoms with van der Waals surface area (Å²) in [4.78, 5) is 4.01. The minimum absolute atomic E-state index is 0.132. The molecule has 3 N–H and O–H groups in total. The molecule has 0 radical (unpaired) electrons. The molecule has 1 aromatic rings. The van der Waals surface area contributed by atoms with Gasteiger partial charge >= 0.3 is 0 Å². The third kappa shape index (κ3) is 1.72. The molecule has 66 valence electrons. The Morgan fingerprint density at radius 1 is 1.75 bits per heavy atom. The fraction of sp³-hybridized carbons (Fsp3) is 0.375. The van der Waals surface area contributed by atoms with Crippen molar-refractivity contribution in [2.75, 3.05) is 13.7 Å². The highest BCUT2D eigenvalue weighted by Crippen LogP contribution is 2.19. The zero-order valence-corrected chi connectivity index (χ0v) is 6.90. The molecule has 0 fully saturated rings. The zero-order chi connectivity index (χ0) is 8.97. The van der Waals surface area contributed by atoms with Crippen LogP contribution in [-0.4, -0.2) is 23.8 Å². The summed E-state index contributed by atoms with van der Waals surface area (Å²) < 4.78 is 5.01. The van der Waals surface area contributed by atoms with Gasteiger partial charge in [0.25, 0.3) is 0 Å². The number of nitrogens with two attached hydrogens (primary N) is 1. The molecule has 0 aliphatic carbocycles. The molecule has 4 nitrogen and oxygen atoms in total. The van der Waals surface area contributed by atoms with Crippen LogP contribution in [0.2, 0.25) is 0 Å². The molecule has 12 heavy (non-hydrogen) atoms. The van der Waals surface area contributed by atoms with Crippen molar-refractivity contribution in [1.29, 1.82) is 0 Å². The molecule has 0 saturated heterocycles. The van der Waals surface area contributed by atoms with Gasteiger partial charge in [-0.05, 0) is 12.1 Å². The van der Waals surface area contributed by atoms with E-state index in [0.717, 1.165) is 0 Å². The second-order valence-electron chi connectivity index (χ2n) is 2.38. The molecule has 0 bridgehead atoms. The molecular formula is C8H12N2O2. The van der Waals surface area contributed by atoms with Crippen molar-refractivity contribution in [2.45, 2.75) is 6.04 Å². The summed E-state index contributed by atoms with van der Waals surface area (Å²) in [6, 6.07) is 3.05. The van der Waals surface area contributed by atoms with E-state index >= 15 is 0 Å². The molecule has 0 aliphatic rings. The summed E-state index contributed by atoms with van der Waals surface area (Å²) >= 11 is 0. The van der Waals surface area contributed by atoms with Gasteiger partial charge in [0.05, 0.1) is 19.8 Å². The summed E-state index contributed by atoms with van der Waals surface area (Å²) in [5.74, 6) is 0.610. The molecule has 0 spiro atoms. The highest BCUT2D eigenvalue weighted by Gasteiger charge is 2.10. The SMILES string of the molecule is COc1cccnc1[C@@H](N)CO. The number of aliphatic hydroxyl groups is 1. The van der Waals surface area contributed by atoms with Crippen LogP contribution < -0.4 is 10.5 Å². The van der Waals surface area contributed by atoms with Gasteiger partial charge in [-0.25, -0.2) is 0 Å². The molecule has 0 aromatic carbocycles. The molecular weight excluding hydrogens is 156 g/mol. The highest BCUT2D eigenvalue weighted by atomic mass is 16.5. The van der Waals surface area contributed by atoms with Crippen LogP contribution in [0.15, 0.2) is 18.3 Å². The molecule has 4 heteroatoms. The summed E-state index contributed by atoms with van der Waals surface area (Å²) in [6.45, 7) is -0.132. The predicted molar refractivity (Wildman–Crippen MR) is 44.8 cm³/mol. The van der Waals surface area contributed by atoms with Crippen LogP contribution in [0, 0.1) is 0 Å². The number of ether oxygens (including phenoxy) is 1. The van der Waals surface area contributed by atoms with Crippen LogP contribution >= 0.6 is 0 Å². The quantitative estimate of drug-likeness (QED) is 0.670. The Labute approximate surface area is 71.0 Å². The first kappa shape index (κ1) is 8.96. The maximum Gasteiger partial charge on any atom is 0.142 e. The highest BCUT2D eigenvalue weighted by molar-refractivity contribution is 5.29. The largest absolute Gasteiger partial charge is 0.495 e. The smallest absolute Gasteiger partial charge is 0.142 e. The molecule has 0 unspecified atom stereocenters. The standard InChI is InChI=1S/C8H12N2O2/c1-12-7-3-2-4-10-8(7)6(9)5-11/h2-4,6,11H,5,9H2,1H3/t6-/m0/s1. The van der Waals surface area contributed by atoms with Crippen LogP contribution in [0.1, 0.15) is 11.7 Å². The van der Waals surface area contributed by atoms with Gasteiger partial charge in [0.1, 0.15) is 11.4 Å². The van der Waals surface area contributed by atoms with Gasteiger partial charge in [-0.15, -0.1) is 0 Å². The zero-order valence-electron chi connectivity index (χ0n) is 6.90. The Morgan fingerprint density at radius 3 is 3.08 bits per heavy atom. The van der Waals surface area contributed by atoms with Gasteiger partial charge in [0, 0.05) is 6.20 Å². The maximum atomic E-state index is 8.79. The Balaban J connectivity index is 2.96. The number of aromatic nitrogens is 1. The first-order valence-corrected chi connectivity index (χ1v) is 3.65. The summed E-state index contributed by atoms with van der Waals surface area (Å²) in [7, 11) is 1.55. The summed E-state index contributed by atoms with van der Waals surface area (Å²) in [5, 5.41) is 8.79. The number of nitrogens with zero attached hydrogens (tertiary/aromatic N) is 1. The molecule has 0 aliphatic heterocycles. The maximum absolute atomic E-state index is 8.79. The normalized spacial score (nSPS) is 12.6. The fourth-order valence-corrected chi connectivity index (χ4v) is 0.940. The van der Waals surface area contributed by atoms with Crippen LogP contribution in [0.3, 0.4) is 0 Å². The van der Waals surface area contributed by atoms with Crippen LogP contribution in [0.4, 0.5) is 0 Å². The van der Waals surface area contributed by atoms with Crippen molar-refractivity contribution in [1.82, 2.24) is 4.98 Å². The van der Waals surface area contributed by atoms with E-state index in [1.807, 2.05) is 0 Å². The lowest BCUT2D eigenvalue weighted by atomic mass is 10.2. The lowest BCUT2D eigenvalue weighted by Gasteiger charge is -2.10. The van der Waals surface area contributed by atoms with E-state index in [1.54, 1.807) is 25.4 Å². The van der Waals surface area contributed by atoms with Crippen molar-refractivity contribution >= 4 is 0 Å². The van der Waals surface area contributed by atoms with E-state index < -0.39 is 6.04 Å². The number of pyridine rings is 1. The van der Waals surface area contributed by atoms with Crippen molar-refractivity contribution < 1.29 is 9.84 Å². The van der Waals surface area contributed by atoms with Gasteiger partial charge in [0.15, 0.2) is 0 Å². The Bertz CT molecular complexity index is 253. The van der Waals surface area contributed by atoms with E-state index in [0.29, 0.717) is 11.4 Å². The predicted octanol–water partition coefficient (Wildman–Crippen LogP) is 0.0823. The van der Waals surface area contributed by atoms with E-state index in [-0.39, 0.29) is 6.61 Å². The number of aliphatic hydroxyl groups excluding tert-OH is 1. The van der Waals surface area contributed by atoms with Crippen LogP contribution in [0.25, 0.3) is 0 Å². The topological polar surface area (TPSA) is 68.4 Å². The Hall–Kier alpha value is -1.13. The van der Waals surface area contributed by atoms with Gasteiger partial charge in [-0.3, -0.25) is 4.98 Å². The monoisotopic (exact) mass is 168 g/mol. The summed E-state index contributed by atoms with van der Waals surface area (Å²) in [6.07, 6.45) is 1.62. The average Bonchev–Trinajstić information content (AvgIpc) is 2.16. The van der Waals surface area contributed by atoms with Crippen molar-refractivity contribution in [3.05, 3.63) is 24.0 Å². The van der Waals surface area contributed by atoms with Crippen molar-refractivity contribution in [2.24, 2.45) is 5.73 Å². The Kier molecular flexibility index (Phi) is 3.01. The first-order valence-electron chi connectivity index (χ1n) is 3.65. The second-order valence-corrected chi connectivity index (χ2v) is 2.38. The first-order chi connectivity index (χ1) is 5.79. The minimum atomic E-state index is -0.471. The fourth-order valence-electron chi connectivity index (χ4n) is 0.940. The third-order valence-electron chi connectivity index (χ3n) is 1.57. The average molecular weight is 168 g/mol. The van der Waals surface area contributed by atoms with Gasteiger partial charge in [-0.1, -0.05) is 0 Å². The van der Waals surface area contributed by atoms with E-state index in [1.165, 1.54) is 0 Å². The minimum Gasteiger partial charge on any atom is -0.495 e. The lowest BCUT2D eigenvalue weighted by Crippen LogP contribution is -2.16. The third-order valence-corrected chi connectivity index (χ3v) is 1.57. The molecule has 0 saturated carbocycles. The van der Waals surface area contributed by atoms with E-state index in [4.69, 9.17) is 15.6 Å². The number of hydrogen-bond acceptors (Lipinski definition) is 4. The molecule has 1 rings (SSSR count). The van der Waals surface area contributed by atoms with Gasteiger partial charge in [0.2, 0.25) is 0 Å². The van der Waals surface area contributed by atoms with Gasteiger partial charge in [-0.2, -0.15) is 0 Å². The number of hydrogen-bond donors (Lipinski definition) is 2. The second kappa shape index (κ2) is 4.04. The van der Waals surface area contributed by atoms with Gasteiger partial charge < -0.3 is 15.6 Å². The molecule has 1 aromatic heterocycles. The van der Waals surface area contributed by atoms with E-state index in [9.17, 15) is 0 Å². The number of methoxy groups -OCH3 is 1. The Morgan fingerprint density at radius 2 is 2.50 bits per heavy atom. The van der Waals surface area contributed by atoms with Crippen LogP contribution in [0.5, 0.6) is 5.75 Å². The van der Waals surface area contributed by atoms with Crippen molar-refractivity contribution in [3.63, 3.8) is 0 Å². The van der Waals surface area contributed by atoms with Crippen LogP contribution in [-0.2, 0) is 0 Å². The molecule has 1 atom stereocenters.